The monoisotopic (exact) mass is 454 g/mol. The highest BCUT2D eigenvalue weighted by Crippen LogP contribution is 2.30. The minimum atomic E-state index is -1.63. The number of hydrogen-bond acceptors (Lipinski definition) is 12. The van der Waals surface area contributed by atoms with E-state index in [-0.39, 0.29) is 18.1 Å². The molecule has 0 aromatic rings. The fourth-order valence-corrected chi connectivity index (χ4v) is 3.82. The third-order valence-corrected chi connectivity index (χ3v) is 5.49. The Balaban J connectivity index is 2.21. The van der Waals surface area contributed by atoms with Crippen LogP contribution < -0.4 is 0 Å². The van der Waals surface area contributed by atoms with Crippen LogP contribution in [0.15, 0.2) is 5.28 Å². The normalized spacial score (nSPS) is 41.9. The summed E-state index contributed by atoms with van der Waals surface area (Å²) in [7, 11) is 1.27. The molecule has 0 spiro atoms. The summed E-state index contributed by atoms with van der Waals surface area (Å²) >= 11 is 0. The van der Waals surface area contributed by atoms with Crippen molar-refractivity contribution < 1.29 is 49.4 Å². The molecule has 0 saturated carbocycles. The van der Waals surface area contributed by atoms with Gasteiger partial charge in [0.05, 0.1) is 19.3 Å². The van der Waals surface area contributed by atoms with Gasteiger partial charge in [0.2, 0.25) is 0 Å². The molecule has 0 bridgehead atoms. The van der Waals surface area contributed by atoms with E-state index < -0.39 is 67.8 Å². The van der Waals surface area contributed by atoms with Gasteiger partial charge < -0.3 is 54.9 Å². The zero-order chi connectivity index (χ0) is 23.3. The maximum absolute atomic E-state index is 11.7. The fraction of sp³-hybridized carbons (Fsp3) is 1.00. The Morgan fingerprint density at radius 1 is 1.03 bits per heavy atom. The van der Waals surface area contributed by atoms with Crippen LogP contribution >= 0.6 is 0 Å². The zero-order valence-corrected chi connectivity index (χ0v) is 17.6. The summed E-state index contributed by atoms with van der Waals surface area (Å²) in [6.07, 6.45) is -12.2. The molecule has 2 heterocycles. The molecule has 14 nitrogen and oxygen atoms in total. The topological polar surface area (TPSA) is 203 Å². The summed E-state index contributed by atoms with van der Waals surface area (Å²) < 4.78 is 22.0. The Morgan fingerprint density at radius 2 is 1.68 bits per heavy atom. The van der Waals surface area contributed by atoms with Crippen molar-refractivity contribution in [2.24, 2.45) is 5.28 Å². The molecule has 0 amide bonds. The molecule has 182 valence electrons. The summed E-state index contributed by atoms with van der Waals surface area (Å²) in [6, 6.07) is 0. The molecule has 5 N–H and O–H groups in total. The van der Waals surface area contributed by atoms with Crippen LogP contribution in [0.2, 0.25) is 0 Å². The quantitative estimate of drug-likeness (QED) is 0.138. The van der Waals surface area contributed by atoms with Gasteiger partial charge in [0, 0.05) is 12.1 Å². The standard InChI is InChI=1S/C17H33N3O11/c1-4-5-19(20(27)18-26)6-9-15(28-3)13(24)14(25)17(30-9)31-16-10(7-21)29-8(2)11(22)12(16)23/h8-17,21-26H,4-7H2,1-3H3/p-1/b20-18-/t8-,9-,10-,11+,12-,13-,14-,15?,16?,17-/m1/s1. The van der Waals surface area contributed by atoms with Crippen molar-refractivity contribution >= 4 is 0 Å². The first-order valence-electron chi connectivity index (χ1n) is 10.1. The lowest BCUT2D eigenvalue weighted by molar-refractivity contribution is -0.692. The summed E-state index contributed by atoms with van der Waals surface area (Å²) in [6.45, 7) is 2.67. The average Bonchev–Trinajstić information content (AvgIpc) is 2.76. The summed E-state index contributed by atoms with van der Waals surface area (Å²) in [4.78, 5) is -0.148. The average molecular weight is 454 g/mol. The van der Waals surface area contributed by atoms with E-state index in [2.05, 4.69) is 5.28 Å². The first kappa shape index (κ1) is 25.9. The smallest absolute Gasteiger partial charge is 0.187 e. The molecule has 2 saturated heterocycles. The lowest BCUT2D eigenvalue weighted by atomic mass is 9.94. The van der Waals surface area contributed by atoms with Crippen molar-refractivity contribution in [1.29, 1.82) is 0 Å². The van der Waals surface area contributed by atoms with Crippen LogP contribution in [0.3, 0.4) is 0 Å². The number of hydrogen-bond donors (Lipinski definition) is 5. The van der Waals surface area contributed by atoms with Gasteiger partial charge in [0.15, 0.2) is 6.29 Å². The van der Waals surface area contributed by atoms with Crippen molar-refractivity contribution in [3.63, 3.8) is 0 Å². The van der Waals surface area contributed by atoms with Gasteiger partial charge >= 0.3 is 0 Å². The molecule has 10 atom stereocenters. The van der Waals surface area contributed by atoms with Crippen molar-refractivity contribution in [3.8, 4) is 0 Å². The van der Waals surface area contributed by atoms with Gasteiger partial charge in [-0.05, 0) is 18.6 Å². The predicted octanol–water partition coefficient (Wildman–Crippen LogP) is -2.58. The lowest BCUT2D eigenvalue weighted by Crippen LogP contribution is -2.65. The molecular weight excluding hydrogens is 422 g/mol. The molecule has 14 heteroatoms. The van der Waals surface area contributed by atoms with Gasteiger partial charge in [-0.25, -0.2) is 0 Å². The maximum Gasteiger partial charge on any atom is 0.187 e. The van der Waals surface area contributed by atoms with Gasteiger partial charge in [-0.3, -0.25) is 0 Å². The minimum absolute atomic E-state index is 0.148. The number of methoxy groups -OCH3 is 1. The summed E-state index contributed by atoms with van der Waals surface area (Å²) in [5.41, 5.74) is 0. The van der Waals surface area contributed by atoms with Crippen LogP contribution in [-0.4, -0.2) is 124 Å². The molecule has 2 unspecified atom stereocenters. The SMILES string of the molecule is CCCN(C[C@H]1O[C@H](OC2[C@@H](CO)O[C@H](C)[C@H](O)[C@H]2O)[C@H](O)[C@@H](O)C1OC)/[N+]([O-])=N/[O-]. The van der Waals surface area contributed by atoms with E-state index in [1.54, 1.807) is 6.92 Å². The maximum atomic E-state index is 11.7. The molecule has 2 fully saturated rings. The molecule has 0 aliphatic carbocycles. The van der Waals surface area contributed by atoms with Gasteiger partial charge in [-0.2, -0.15) is 0 Å². The van der Waals surface area contributed by atoms with E-state index >= 15 is 0 Å². The molecule has 0 aromatic carbocycles. The Hall–Kier alpha value is -1.36. The number of nitrogens with zero attached hydrogens (tertiary/aromatic N) is 3. The highest BCUT2D eigenvalue weighted by atomic mass is 16.7. The zero-order valence-electron chi connectivity index (χ0n) is 17.6. The second-order valence-electron chi connectivity index (χ2n) is 7.62. The van der Waals surface area contributed by atoms with Crippen molar-refractivity contribution in [1.82, 2.24) is 5.01 Å². The lowest BCUT2D eigenvalue weighted by Gasteiger charge is -2.46. The summed E-state index contributed by atoms with van der Waals surface area (Å²) in [5, 5.41) is 76.8. The molecule has 0 radical (unpaired) electrons. The van der Waals surface area contributed by atoms with Crippen LogP contribution in [0.5, 0.6) is 0 Å². The fourth-order valence-electron chi connectivity index (χ4n) is 3.82. The van der Waals surface area contributed by atoms with Gasteiger partial charge in [-0.15, -0.1) is 5.01 Å². The van der Waals surface area contributed by atoms with Gasteiger partial charge in [0.1, 0.15) is 55.4 Å². The Bertz CT molecular complexity index is 584. The predicted molar refractivity (Wildman–Crippen MR) is 101 cm³/mol. The molecule has 31 heavy (non-hydrogen) atoms. The van der Waals surface area contributed by atoms with Gasteiger partial charge in [0.25, 0.3) is 0 Å². The highest BCUT2D eigenvalue weighted by molar-refractivity contribution is 4.95. The number of ether oxygens (including phenoxy) is 4. The van der Waals surface area contributed by atoms with Crippen LogP contribution in [0.1, 0.15) is 20.3 Å². The second kappa shape index (κ2) is 11.5. The Kier molecular flexibility index (Phi) is 9.60. The number of aliphatic hydroxyl groups excluding tert-OH is 5. The van der Waals surface area contributed by atoms with Crippen molar-refractivity contribution in [3.05, 3.63) is 10.4 Å². The first-order valence-corrected chi connectivity index (χ1v) is 10.1. The van der Waals surface area contributed by atoms with E-state index in [0.29, 0.717) is 6.42 Å². The number of hydrazine groups is 1. The highest BCUT2D eigenvalue weighted by Gasteiger charge is 2.50. The van der Waals surface area contributed by atoms with Crippen LogP contribution in [0, 0.1) is 10.4 Å². The van der Waals surface area contributed by atoms with E-state index in [4.69, 9.17) is 18.9 Å². The molecular formula is C17H32N3O11-. The number of rotatable bonds is 9. The van der Waals surface area contributed by atoms with E-state index in [1.165, 1.54) is 14.0 Å². The van der Waals surface area contributed by atoms with Crippen LogP contribution in [0.4, 0.5) is 0 Å². The largest absolute Gasteiger partial charge is 0.737 e. The number of aliphatic hydroxyl groups is 5. The minimum Gasteiger partial charge on any atom is -0.737 e. The molecule has 2 rings (SSSR count). The molecule has 2 aliphatic heterocycles. The molecule has 2 aliphatic rings. The van der Waals surface area contributed by atoms with E-state index in [0.717, 1.165) is 5.01 Å². The Morgan fingerprint density at radius 3 is 2.23 bits per heavy atom. The summed E-state index contributed by atoms with van der Waals surface area (Å²) in [5.74, 6) is 0. The van der Waals surface area contributed by atoms with Crippen LogP contribution in [-0.2, 0) is 18.9 Å². The third kappa shape index (κ3) is 5.71. The molecule has 0 aromatic heterocycles. The van der Waals surface area contributed by atoms with Crippen molar-refractivity contribution in [2.45, 2.75) is 81.5 Å². The van der Waals surface area contributed by atoms with Crippen molar-refractivity contribution in [2.75, 3.05) is 26.8 Å². The Labute approximate surface area is 179 Å². The third-order valence-electron chi connectivity index (χ3n) is 5.49. The second-order valence-corrected chi connectivity index (χ2v) is 7.62. The van der Waals surface area contributed by atoms with Gasteiger partial charge in [-0.1, -0.05) is 6.92 Å². The first-order chi connectivity index (χ1) is 14.7. The van der Waals surface area contributed by atoms with E-state index in [1.807, 2.05) is 0 Å². The van der Waals surface area contributed by atoms with E-state index in [9.17, 15) is 35.9 Å². The van der Waals surface area contributed by atoms with Crippen LogP contribution in [0.25, 0.3) is 0 Å².